The van der Waals surface area contributed by atoms with Gasteiger partial charge in [-0.3, -0.25) is 4.79 Å². The fraction of sp³-hybridized carbons (Fsp3) is 0.208. The Morgan fingerprint density at radius 2 is 1.26 bits per heavy atom. The molecule has 3 aromatic carbocycles. The fourth-order valence-corrected chi connectivity index (χ4v) is 5.95. The summed E-state index contributed by atoms with van der Waals surface area (Å²) in [6.07, 6.45) is 0.817. The first-order valence-corrected chi connectivity index (χ1v) is 10.9. The molecule has 0 radical (unpaired) electrons. The van der Waals surface area contributed by atoms with Gasteiger partial charge >= 0.3 is 0 Å². The van der Waals surface area contributed by atoms with Crippen molar-refractivity contribution in [2.75, 3.05) is 0 Å². The van der Waals surface area contributed by atoms with Crippen molar-refractivity contribution in [1.29, 1.82) is 0 Å². The molecule has 27 heavy (non-hydrogen) atoms. The summed E-state index contributed by atoms with van der Waals surface area (Å²) in [5, 5.41) is 2.53. The molecule has 0 aromatic heterocycles. The number of rotatable bonds is 6. The Bertz CT molecular complexity index is 813. The highest BCUT2D eigenvalue weighted by atomic mass is 28.3. The van der Waals surface area contributed by atoms with Crippen molar-refractivity contribution in [2.45, 2.75) is 26.9 Å². The fourth-order valence-electron chi connectivity index (χ4n) is 3.27. The second-order valence-electron chi connectivity index (χ2n) is 7.87. The lowest BCUT2D eigenvalue weighted by molar-refractivity contribution is 0.0896. The first-order valence-electron chi connectivity index (χ1n) is 9.29. The summed E-state index contributed by atoms with van der Waals surface area (Å²) in [4.78, 5) is 11.0. The van der Waals surface area contributed by atoms with E-state index in [0.717, 1.165) is 11.8 Å². The van der Waals surface area contributed by atoms with E-state index in [0.29, 0.717) is 5.56 Å². The Kier molecular flexibility index (Phi) is 6.04. The molecule has 0 bridgehead atoms. The van der Waals surface area contributed by atoms with Gasteiger partial charge in [-0.15, -0.1) is 0 Å². The number of aldehydes is 1. The Balaban J connectivity index is 2.01. The summed E-state index contributed by atoms with van der Waals surface area (Å²) in [5.74, 6) is 0. The lowest BCUT2D eigenvalue weighted by Gasteiger charge is -2.35. The van der Waals surface area contributed by atoms with Crippen LogP contribution < -0.4 is 10.4 Å². The zero-order valence-corrected chi connectivity index (χ0v) is 17.3. The van der Waals surface area contributed by atoms with Gasteiger partial charge in [0.25, 0.3) is 0 Å². The van der Waals surface area contributed by atoms with Crippen LogP contribution in [-0.4, -0.2) is 15.3 Å². The zero-order chi connectivity index (χ0) is 19.3. The highest BCUT2D eigenvalue weighted by molar-refractivity contribution is 6.80. The topological polar surface area (TPSA) is 26.3 Å². The van der Waals surface area contributed by atoms with E-state index in [1.807, 2.05) is 36.4 Å². The highest BCUT2D eigenvalue weighted by Gasteiger charge is 2.31. The summed E-state index contributed by atoms with van der Waals surface area (Å²) < 4.78 is 6.90. The molecule has 1 unspecified atom stereocenters. The third kappa shape index (κ3) is 4.82. The molecule has 0 N–H and O–H groups in total. The van der Waals surface area contributed by atoms with Crippen LogP contribution in [0.5, 0.6) is 0 Å². The molecule has 0 saturated carbocycles. The van der Waals surface area contributed by atoms with Gasteiger partial charge in [0.1, 0.15) is 6.29 Å². The maximum atomic E-state index is 11.0. The average Bonchev–Trinajstić information content (AvgIpc) is 2.69. The Labute approximate surface area is 163 Å². The summed E-state index contributed by atoms with van der Waals surface area (Å²) in [6, 6.07) is 28.8. The second-order valence-corrected chi connectivity index (χ2v) is 10.2. The highest BCUT2D eigenvalue weighted by Crippen LogP contribution is 2.36. The van der Waals surface area contributed by atoms with Crippen LogP contribution >= 0.6 is 0 Å². The number of hydrogen-bond donors (Lipinski definition) is 0. The van der Waals surface area contributed by atoms with Gasteiger partial charge < -0.3 is 4.43 Å². The van der Waals surface area contributed by atoms with Crippen LogP contribution in [0.3, 0.4) is 0 Å². The van der Waals surface area contributed by atoms with Gasteiger partial charge in [0.15, 0.2) is 0 Å². The third-order valence-electron chi connectivity index (χ3n) is 4.64. The minimum absolute atomic E-state index is 0.0599. The summed E-state index contributed by atoms with van der Waals surface area (Å²) >= 11 is 0. The first kappa shape index (κ1) is 19.3. The molecule has 0 spiro atoms. The molecule has 2 nitrogen and oxygen atoms in total. The zero-order valence-electron chi connectivity index (χ0n) is 16.1. The van der Waals surface area contributed by atoms with E-state index in [4.69, 9.17) is 4.43 Å². The van der Waals surface area contributed by atoms with Crippen molar-refractivity contribution < 1.29 is 9.22 Å². The van der Waals surface area contributed by atoms with Crippen molar-refractivity contribution in [1.82, 2.24) is 0 Å². The Morgan fingerprint density at radius 1 is 0.778 bits per heavy atom. The summed E-state index contributed by atoms with van der Waals surface area (Å²) in [5.41, 5.74) is 1.72. The minimum Gasteiger partial charge on any atom is -0.403 e. The molecule has 1 atom stereocenters. The molecule has 138 valence electrons. The van der Waals surface area contributed by atoms with E-state index in [-0.39, 0.29) is 11.5 Å². The largest absolute Gasteiger partial charge is 0.403 e. The minimum atomic E-state index is -1.87. The van der Waals surface area contributed by atoms with Crippen molar-refractivity contribution in [3.05, 3.63) is 96.1 Å². The second kappa shape index (κ2) is 8.46. The van der Waals surface area contributed by atoms with Crippen molar-refractivity contribution in [3.8, 4) is 0 Å². The molecule has 3 aromatic rings. The SMILES string of the molecule is CC(C)(C)C(O[SiH](c1ccccc1)c1ccccc1)c1ccc(C=O)cc1. The van der Waals surface area contributed by atoms with Gasteiger partial charge in [-0.25, -0.2) is 0 Å². The van der Waals surface area contributed by atoms with Gasteiger partial charge in [-0.2, -0.15) is 0 Å². The molecule has 3 rings (SSSR count). The van der Waals surface area contributed by atoms with E-state index < -0.39 is 9.04 Å². The Hall–Kier alpha value is -2.49. The van der Waals surface area contributed by atoms with Gasteiger partial charge in [0.05, 0.1) is 6.10 Å². The smallest absolute Gasteiger partial charge is 0.240 e. The molecule has 3 heteroatoms. The van der Waals surface area contributed by atoms with Crippen LogP contribution in [0.1, 0.15) is 42.8 Å². The molecule has 0 fully saturated rings. The van der Waals surface area contributed by atoms with Crippen LogP contribution in [0.4, 0.5) is 0 Å². The van der Waals surface area contributed by atoms with Gasteiger partial charge in [0, 0.05) is 5.56 Å². The predicted octanol–water partition coefficient (Wildman–Crippen LogP) is 4.14. The maximum absolute atomic E-state index is 11.0. The molecule has 0 aliphatic carbocycles. The van der Waals surface area contributed by atoms with Crippen molar-refractivity contribution in [2.24, 2.45) is 5.41 Å². The molecular formula is C24H26O2Si. The predicted molar refractivity (Wildman–Crippen MR) is 114 cm³/mol. The van der Waals surface area contributed by atoms with Crippen LogP contribution in [0, 0.1) is 5.41 Å². The van der Waals surface area contributed by atoms with E-state index in [1.54, 1.807) is 0 Å². The van der Waals surface area contributed by atoms with Crippen molar-refractivity contribution in [3.63, 3.8) is 0 Å². The summed E-state index contributed by atoms with van der Waals surface area (Å²) in [7, 11) is -1.87. The molecule has 0 heterocycles. The van der Waals surface area contributed by atoms with Crippen molar-refractivity contribution >= 4 is 25.7 Å². The van der Waals surface area contributed by atoms with Gasteiger partial charge in [0.2, 0.25) is 9.04 Å². The standard InChI is InChI=1S/C24H26O2Si/c1-24(2,3)23(20-16-14-19(18-25)15-17-20)26-27(21-10-6-4-7-11-21)22-12-8-5-9-13-22/h4-18,23,27H,1-3H3. The van der Waals surface area contributed by atoms with E-state index in [9.17, 15) is 4.79 Å². The van der Waals surface area contributed by atoms with Crippen LogP contribution in [0.2, 0.25) is 0 Å². The lowest BCUT2D eigenvalue weighted by Crippen LogP contribution is -2.47. The lowest BCUT2D eigenvalue weighted by atomic mass is 9.84. The molecule has 0 aliphatic rings. The van der Waals surface area contributed by atoms with Gasteiger partial charge in [-0.05, 0) is 21.4 Å². The van der Waals surface area contributed by atoms with Crippen LogP contribution in [0.25, 0.3) is 0 Å². The van der Waals surface area contributed by atoms with Crippen LogP contribution in [0.15, 0.2) is 84.9 Å². The van der Waals surface area contributed by atoms with E-state index in [1.165, 1.54) is 10.4 Å². The molecule has 0 amide bonds. The maximum Gasteiger partial charge on any atom is 0.240 e. The normalized spacial score (nSPS) is 12.7. The number of hydrogen-bond acceptors (Lipinski definition) is 2. The molecular weight excluding hydrogens is 348 g/mol. The van der Waals surface area contributed by atoms with E-state index >= 15 is 0 Å². The first-order chi connectivity index (χ1) is 13.0. The summed E-state index contributed by atoms with van der Waals surface area (Å²) in [6.45, 7) is 6.60. The average molecular weight is 375 g/mol. The van der Waals surface area contributed by atoms with Crippen LogP contribution in [-0.2, 0) is 4.43 Å². The Morgan fingerprint density at radius 3 is 1.67 bits per heavy atom. The van der Waals surface area contributed by atoms with E-state index in [2.05, 4.69) is 69.3 Å². The number of carbonyl (C=O) groups excluding carboxylic acids is 1. The monoisotopic (exact) mass is 374 g/mol. The quantitative estimate of drug-likeness (QED) is 0.479. The van der Waals surface area contributed by atoms with Gasteiger partial charge in [-0.1, -0.05) is 106 Å². The molecule has 0 aliphatic heterocycles. The third-order valence-corrected chi connectivity index (χ3v) is 7.16. The number of benzene rings is 3. The molecule has 0 saturated heterocycles. The number of carbonyl (C=O) groups is 1.